The second-order valence-electron chi connectivity index (χ2n) is 6.32. The molecule has 2 N–H and O–H groups in total. The quantitative estimate of drug-likeness (QED) is 0.612. The molecule has 1 fully saturated rings. The van der Waals surface area contributed by atoms with Crippen molar-refractivity contribution >= 4 is 0 Å². The molecule has 0 radical (unpaired) electrons. The summed E-state index contributed by atoms with van der Waals surface area (Å²) in [6, 6.07) is 9.76. The average Bonchev–Trinajstić information content (AvgIpc) is 3.29. The van der Waals surface area contributed by atoms with E-state index in [0.29, 0.717) is 6.04 Å². The molecule has 0 saturated heterocycles. The Bertz CT molecular complexity index is 402. The van der Waals surface area contributed by atoms with Crippen LogP contribution >= 0.6 is 0 Å². The van der Waals surface area contributed by atoms with Crippen LogP contribution in [-0.2, 0) is 6.54 Å². The fourth-order valence-corrected chi connectivity index (χ4v) is 2.25. The molecule has 0 unspecified atom stereocenters. The molecule has 21 heavy (non-hydrogen) atoms. The Kier molecular flexibility index (Phi) is 7.04. The largest absolute Gasteiger partial charge is 0.494 e. The third-order valence-corrected chi connectivity index (χ3v) is 3.71. The Morgan fingerprint density at radius 3 is 2.81 bits per heavy atom. The maximum absolute atomic E-state index is 5.85. The van der Waals surface area contributed by atoms with Gasteiger partial charge in [-0.15, -0.1) is 0 Å². The maximum Gasteiger partial charge on any atom is 0.119 e. The molecule has 1 aromatic carbocycles. The minimum absolute atomic E-state index is 0.513. The summed E-state index contributed by atoms with van der Waals surface area (Å²) < 4.78 is 5.85. The van der Waals surface area contributed by atoms with Crippen molar-refractivity contribution in [3.8, 4) is 5.75 Å². The van der Waals surface area contributed by atoms with Gasteiger partial charge in [-0.05, 0) is 56.3 Å². The zero-order chi connectivity index (χ0) is 14.9. The van der Waals surface area contributed by atoms with Crippen molar-refractivity contribution in [1.29, 1.82) is 0 Å². The van der Waals surface area contributed by atoms with Crippen molar-refractivity contribution in [2.24, 2.45) is 0 Å². The molecule has 0 aromatic heterocycles. The summed E-state index contributed by atoms with van der Waals surface area (Å²) >= 11 is 0. The van der Waals surface area contributed by atoms with E-state index in [4.69, 9.17) is 4.74 Å². The first-order valence-corrected chi connectivity index (χ1v) is 8.42. The summed E-state index contributed by atoms with van der Waals surface area (Å²) in [6.07, 6.45) is 6.41. The zero-order valence-electron chi connectivity index (χ0n) is 13.5. The van der Waals surface area contributed by atoms with E-state index in [0.717, 1.165) is 31.4 Å². The lowest BCUT2D eigenvalue weighted by Gasteiger charge is -2.10. The van der Waals surface area contributed by atoms with E-state index in [-0.39, 0.29) is 0 Å². The van der Waals surface area contributed by atoms with Gasteiger partial charge in [0.25, 0.3) is 0 Å². The van der Waals surface area contributed by atoms with E-state index < -0.39 is 0 Å². The summed E-state index contributed by atoms with van der Waals surface area (Å²) in [7, 11) is 0. The molecule has 3 heteroatoms. The van der Waals surface area contributed by atoms with Gasteiger partial charge in [0.2, 0.25) is 0 Å². The highest BCUT2D eigenvalue weighted by atomic mass is 16.5. The molecule has 1 aliphatic rings. The molecule has 0 aliphatic heterocycles. The molecule has 0 amide bonds. The first kappa shape index (κ1) is 16.3. The number of unbranched alkanes of at least 4 members (excludes halogenated alkanes) is 2. The summed E-state index contributed by atoms with van der Waals surface area (Å²) in [4.78, 5) is 0. The van der Waals surface area contributed by atoms with Gasteiger partial charge in [-0.25, -0.2) is 0 Å². The predicted octanol–water partition coefficient (Wildman–Crippen LogP) is 3.49. The Morgan fingerprint density at radius 1 is 1.19 bits per heavy atom. The van der Waals surface area contributed by atoms with E-state index in [1.165, 1.54) is 37.8 Å². The van der Waals surface area contributed by atoms with E-state index in [1.807, 2.05) is 6.07 Å². The molecule has 118 valence electrons. The van der Waals surface area contributed by atoms with Crippen molar-refractivity contribution in [2.45, 2.75) is 64.6 Å². The second-order valence-corrected chi connectivity index (χ2v) is 6.32. The van der Waals surface area contributed by atoms with Crippen LogP contribution in [0.4, 0.5) is 0 Å². The smallest absolute Gasteiger partial charge is 0.119 e. The molecule has 0 heterocycles. The van der Waals surface area contributed by atoms with Crippen LogP contribution in [0.2, 0.25) is 0 Å². The minimum atomic E-state index is 0.513. The van der Waals surface area contributed by atoms with Gasteiger partial charge < -0.3 is 15.4 Å². The Morgan fingerprint density at radius 2 is 2.05 bits per heavy atom. The van der Waals surface area contributed by atoms with Crippen LogP contribution in [0.1, 0.15) is 51.5 Å². The number of benzene rings is 1. The maximum atomic E-state index is 5.85. The zero-order valence-corrected chi connectivity index (χ0v) is 13.5. The minimum Gasteiger partial charge on any atom is -0.494 e. The number of nitrogens with one attached hydrogen (secondary N) is 2. The third kappa shape index (κ3) is 7.49. The van der Waals surface area contributed by atoms with Crippen molar-refractivity contribution in [2.75, 3.05) is 13.2 Å². The highest BCUT2D eigenvalue weighted by Crippen LogP contribution is 2.18. The number of rotatable bonds is 11. The van der Waals surface area contributed by atoms with Crippen molar-refractivity contribution in [3.63, 3.8) is 0 Å². The highest BCUT2D eigenvalue weighted by molar-refractivity contribution is 5.28. The van der Waals surface area contributed by atoms with E-state index in [9.17, 15) is 0 Å². The van der Waals surface area contributed by atoms with Gasteiger partial charge in [0.1, 0.15) is 5.75 Å². The van der Waals surface area contributed by atoms with Crippen LogP contribution in [0.15, 0.2) is 24.3 Å². The normalized spacial score (nSPS) is 14.6. The second kappa shape index (κ2) is 9.06. The molecule has 3 nitrogen and oxygen atoms in total. The lowest BCUT2D eigenvalue weighted by molar-refractivity contribution is 0.304. The highest BCUT2D eigenvalue weighted by Gasteiger charge is 2.19. The number of ether oxygens (including phenoxy) is 1. The first-order chi connectivity index (χ1) is 10.2. The first-order valence-electron chi connectivity index (χ1n) is 8.42. The topological polar surface area (TPSA) is 33.3 Å². The summed E-state index contributed by atoms with van der Waals surface area (Å²) in [5.41, 5.74) is 1.29. The molecule has 0 atom stereocenters. The molecular formula is C18H30N2O. The van der Waals surface area contributed by atoms with Crippen LogP contribution < -0.4 is 15.4 Å². The lowest BCUT2D eigenvalue weighted by atomic mass is 10.2. The predicted molar refractivity (Wildman–Crippen MR) is 88.8 cm³/mol. The van der Waals surface area contributed by atoms with Crippen LogP contribution in [0.5, 0.6) is 5.75 Å². The van der Waals surface area contributed by atoms with E-state index in [1.54, 1.807) is 0 Å². The van der Waals surface area contributed by atoms with Gasteiger partial charge in [0, 0.05) is 18.6 Å². The monoisotopic (exact) mass is 290 g/mol. The van der Waals surface area contributed by atoms with Gasteiger partial charge in [-0.3, -0.25) is 0 Å². The Hall–Kier alpha value is -1.06. The molecule has 0 bridgehead atoms. The summed E-state index contributed by atoms with van der Waals surface area (Å²) in [5.74, 6) is 0.995. The molecular weight excluding hydrogens is 260 g/mol. The van der Waals surface area contributed by atoms with Crippen LogP contribution in [0, 0.1) is 0 Å². The van der Waals surface area contributed by atoms with Crippen LogP contribution in [-0.4, -0.2) is 25.2 Å². The molecule has 1 aliphatic carbocycles. The fraction of sp³-hybridized carbons (Fsp3) is 0.667. The Balaban J connectivity index is 1.55. The number of hydrogen-bond donors (Lipinski definition) is 2. The molecule has 2 rings (SSSR count). The van der Waals surface area contributed by atoms with Gasteiger partial charge in [0.05, 0.1) is 6.61 Å². The molecule has 1 saturated carbocycles. The van der Waals surface area contributed by atoms with Crippen molar-refractivity contribution < 1.29 is 4.74 Å². The third-order valence-electron chi connectivity index (χ3n) is 3.71. The number of hydrogen-bond acceptors (Lipinski definition) is 3. The average molecular weight is 290 g/mol. The van der Waals surface area contributed by atoms with Crippen LogP contribution in [0.3, 0.4) is 0 Å². The van der Waals surface area contributed by atoms with E-state index in [2.05, 4.69) is 42.7 Å². The van der Waals surface area contributed by atoms with Gasteiger partial charge in [0.15, 0.2) is 0 Å². The SMILES string of the molecule is CC(C)NCc1cccc(OCCCCCNC2CC2)c1. The molecule has 0 spiro atoms. The van der Waals surface area contributed by atoms with Gasteiger partial charge in [-0.2, -0.15) is 0 Å². The lowest BCUT2D eigenvalue weighted by Crippen LogP contribution is -2.21. The van der Waals surface area contributed by atoms with E-state index >= 15 is 0 Å². The van der Waals surface area contributed by atoms with Crippen LogP contribution in [0.25, 0.3) is 0 Å². The Labute approximate surface area is 129 Å². The summed E-state index contributed by atoms with van der Waals surface area (Å²) in [6.45, 7) is 7.23. The summed E-state index contributed by atoms with van der Waals surface area (Å²) in [5, 5.41) is 6.98. The van der Waals surface area contributed by atoms with Crippen molar-refractivity contribution in [3.05, 3.63) is 29.8 Å². The van der Waals surface area contributed by atoms with Crippen molar-refractivity contribution in [1.82, 2.24) is 10.6 Å². The fourth-order valence-electron chi connectivity index (χ4n) is 2.25. The molecule has 1 aromatic rings. The van der Waals surface area contributed by atoms with Gasteiger partial charge >= 0.3 is 0 Å². The van der Waals surface area contributed by atoms with Gasteiger partial charge in [-0.1, -0.05) is 26.0 Å². The standard InChI is InChI=1S/C18H30N2O/c1-15(2)20-14-16-7-6-8-18(13-16)21-12-5-3-4-11-19-17-9-10-17/h6-8,13,15,17,19-20H,3-5,9-12,14H2,1-2H3.